The maximum Gasteiger partial charge on any atom is 0.138 e. The van der Waals surface area contributed by atoms with Crippen LogP contribution in [0.1, 0.15) is 24.8 Å². The number of hydrogen-bond donors (Lipinski definition) is 1. The van der Waals surface area contributed by atoms with Gasteiger partial charge in [0.25, 0.3) is 0 Å². The van der Waals surface area contributed by atoms with Gasteiger partial charge in [-0.1, -0.05) is 0 Å². The standard InChI is InChI=1S/C14H16N2O2/c1-18-11-6-4-10(5-7-11)12-9-16-8-2-3-13(17)14(16)15-12/h4-7,9,13,17H,2-3,8H2,1H3. The number of benzene rings is 1. The average Bonchev–Trinajstić information content (AvgIpc) is 2.84. The topological polar surface area (TPSA) is 47.3 Å². The van der Waals surface area contributed by atoms with Gasteiger partial charge in [0, 0.05) is 18.3 Å². The van der Waals surface area contributed by atoms with E-state index in [4.69, 9.17) is 4.74 Å². The SMILES string of the molecule is COc1ccc(-c2cn3c(n2)C(O)CCC3)cc1. The van der Waals surface area contributed by atoms with Crippen LogP contribution in [0, 0.1) is 0 Å². The third-order valence-electron chi connectivity index (χ3n) is 3.37. The number of hydrogen-bond acceptors (Lipinski definition) is 3. The first kappa shape index (κ1) is 11.3. The summed E-state index contributed by atoms with van der Waals surface area (Å²) in [6.07, 6.45) is 3.40. The molecule has 0 saturated carbocycles. The normalized spacial score (nSPS) is 18.4. The molecular formula is C14H16N2O2. The van der Waals surface area contributed by atoms with Crippen molar-refractivity contribution in [2.75, 3.05) is 7.11 Å². The fraction of sp³-hybridized carbons (Fsp3) is 0.357. The summed E-state index contributed by atoms with van der Waals surface area (Å²) in [6, 6.07) is 7.81. The lowest BCUT2D eigenvalue weighted by atomic mass is 10.1. The highest BCUT2D eigenvalue weighted by molar-refractivity contribution is 5.59. The molecule has 1 unspecified atom stereocenters. The van der Waals surface area contributed by atoms with Crippen molar-refractivity contribution in [1.82, 2.24) is 9.55 Å². The van der Waals surface area contributed by atoms with E-state index in [1.807, 2.05) is 35.0 Å². The highest BCUT2D eigenvalue weighted by atomic mass is 16.5. The van der Waals surface area contributed by atoms with Gasteiger partial charge in [0.05, 0.1) is 12.8 Å². The van der Waals surface area contributed by atoms with Crippen LogP contribution >= 0.6 is 0 Å². The van der Waals surface area contributed by atoms with E-state index in [1.165, 1.54) is 0 Å². The number of aryl methyl sites for hydroxylation is 1. The van der Waals surface area contributed by atoms with Crippen LogP contribution in [0.2, 0.25) is 0 Å². The molecule has 2 heterocycles. The number of aromatic nitrogens is 2. The van der Waals surface area contributed by atoms with Crippen molar-refractivity contribution in [2.24, 2.45) is 0 Å². The summed E-state index contributed by atoms with van der Waals surface area (Å²) >= 11 is 0. The summed E-state index contributed by atoms with van der Waals surface area (Å²) in [5, 5.41) is 9.90. The second kappa shape index (κ2) is 4.46. The molecule has 1 aliphatic rings. The van der Waals surface area contributed by atoms with E-state index in [-0.39, 0.29) is 0 Å². The van der Waals surface area contributed by atoms with Gasteiger partial charge in [-0.25, -0.2) is 4.98 Å². The van der Waals surface area contributed by atoms with Gasteiger partial charge in [-0.2, -0.15) is 0 Å². The Hall–Kier alpha value is -1.81. The number of aliphatic hydroxyl groups is 1. The molecule has 0 spiro atoms. The van der Waals surface area contributed by atoms with Crippen LogP contribution in [-0.2, 0) is 6.54 Å². The highest BCUT2D eigenvalue weighted by Gasteiger charge is 2.20. The van der Waals surface area contributed by atoms with Crippen molar-refractivity contribution >= 4 is 0 Å². The number of aliphatic hydroxyl groups excluding tert-OH is 1. The fourth-order valence-electron chi connectivity index (χ4n) is 2.36. The minimum Gasteiger partial charge on any atom is -0.497 e. The molecule has 4 heteroatoms. The van der Waals surface area contributed by atoms with Gasteiger partial charge in [-0.3, -0.25) is 0 Å². The molecule has 4 nitrogen and oxygen atoms in total. The molecule has 0 radical (unpaired) electrons. The predicted octanol–water partition coefficient (Wildman–Crippen LogP) is 2.39. The first-order chi connectivity index (χ1) is 8.78. The maximum atomic E-state index is 9.90. The molecule has 0 bridgehead atoms. The summed E-state index contributed by atoms with van der Waals surface area (Å²) in [6.45, 7) is 0.940. The predicted molar refractivity (Wildman–Crippen MR) is 68.4 cm³/mol. The Bertz CT molecular complexity index is 545. The lowest BCUT2D eigenvalue weighted by molar-refractivity contribution is 0.134. The number of nitrogens with zero attached hydrogens (tertiary/aromatic N) is 2. The molecule has 0 aliphatic carbocycles. The Morgan fingerprint density at radius 2 is 2.11 bits per heavy atom. The lowest BCUT2D eigenvalue weighted by Crippen LogP contribution is -2.14. The molecule has 1 aromatic carbocycles. The monoisotopic (exact) mass is 244 g/mol. The Morgan fingerprint density at radius 1 is 1.33 bits per heavy atom. The van der Waals surface area contributed by atoms with Gasteiger partial charge in [0.1, 0.15) is 17.7 Å². The van der Waals surface area contributed by atoms with Crippen molar-refractivity contribution in [3.63, 3.8) is 0 Å². The third kappa shape index (κ3) is 1.88. The zero-order chi connectivity index (χ0) is 12.5. The van der Waals surface area contributed by atoms with Crippen LogP contribution in [0.25, 0.3) is 11.3 Å². The van der Waals surface area contributed by atoms with Gasteiger partial charge in [-0.15, -0.1) is 0 Å². The van der Waals surface area contributed by atoms with E-state index < -0.39 is 6.10 Å². The summed E-state index contributed by atoms with van der Waals surface area (Å²) in [7, 11) is 1.65. The Balaban J connectivity index is 1.96. The van der Waals surface area contributed by atoms with E-state index in [1.54, 1.807) is 7.11 Å². The van der Waals surface area contributed by atoms with Crippen LogP contribution in [0.3, 0.4) is 0 Å². The van der Waals surface area contributed by atoms with E-state index >= 15 is 0 Å². The second-order valence-corrected chi connectivity index (χ2v) is 4.56. The maximum absolute atomic E-state index is 9.90. The van der Waals surface area contributed by atoms with E-state index in [0.717, 1.165) is 42.2 Å². The number of rotatable bonds is 2. The van der Waals surface area contributed by atoms with Gasteiger partial charge in [0.2, 0.25) is 0 Å². The molecule has 94 valence electrons. The molecule has 18 heavy (non-hydrogen) atoms. The molecule has 0 amide bonds. The van der Waals surface area contributed by atoms with Crippen LogP contribution < -0.4 is 4.74 Å². The van der Waals surface area contributed by atoms with Crippen LogP contribution in [-0.4, -0.2) is 21.8 Å². The van der Waals surface area contributed by atoms with Crippen molar-refractivity contribution in [3.8, 4) is 17.0 Å². The molecule has 3 rings (SSSR count). The van der Waals surface area contributed by atoms with E-state index in [9.17, 15) is 5.11 Å². The van der Waals surface area contributed by atoms with Crippen molar-refractivity contribution in [3.05, 3.63) is 36.3 Å². The van der Waals surface area contributed by atoms with Gasteiger partial charge in [0.15, 0.2) is 0 Å². The quantitative estimate of drug-likeness (QED) is 0.882. The molecule has 1 aliphatic heterocycles. The zero-order valence-corrected chi connectivity index (χ0v) is 10.3. The van der Waals surface area contributed by atoms with Crippen molar-refractivity contribution in [2.45, 2.75) is 25.5 Å². The molecule has 0 fully saturated rings. The molecule has 1 aromatic heterocycles. The first-order valence-electron chi connectivity index (χ1n) is 6.17. The average molecular weight is 244 g/mol. The zero-order valence-electron chi connectivity index (χ0n) is 10.3. The molecule has 0 saturated heterocycles. The Kier molecular flexibility index (Phi) is 2.80. The van der Waals surface area contributed by atoms with Gasteiger partial charge >= 0.3 is 0 Å². The summed E-state index contributed by atoms with van der Waals surface area (Å²) < 4.78 is 7.19. The lowest BCUT2D eigenvalue weighted by Gasteiger charge is -2.18. The van der Waals surface area contributed by atoms with Crippen molar-refractivity contribution < 1.29 is 9.84 Å². The minimum absolute atomic E-state index is 0.425. The third-order valence-corrected chi connectivity index (χ3v) is 3.37. The van der Waals surface area contributed by atoms with Gasteiger partial charge < -0.3 is 14.4 Å². The van der Waals surface area contributed by atoms with Crippen LogP contribution in [0.15, 0.2) is 30.5 Å². The first-order valence-corrected chi connectivity index (χ1v) is 6.17. The number of fused-ring (bicyclic) bond motifs is 1. The Labute approximate surface area is 106 Å². The highest BCUT2D eigenvalue weighted by Crippen LogP contribution is 2.28. The molecular weight excluding hydrogens is 228 g/mol. The largest absolute Gasteiger partial charge is 0.497 e. The van der Waals surface area contributed by atoms with E-state index in [2.05, 4.69) is 4.98 Å². The smallest absolute Gasteiger partial charge is 0.138 e. The number of methoxy groups -OCH3 is 1. The van der Waals surface area contributed by atoms with E-state index in [0.29, 0.717) is 0 Å². The molecule has 2 aromatic rings. The summed E-state index contributed by atoms with van der Waals surface area (Å²) in [5.74, 6) is 1.62. The second-order valence-electron chi connectivity index (χ2n) is 4.56. The molecule has 1 N–H and O–H groups in total. The van der Waals surface area contributed by atoms with Crippen LogP contribution in [0.5, 0.6) is 5.75 Å². The van der Waals surface area contributed by atoms with Crippen LogP contribution in [0.4, 0.5) is 0 Å². The minimum atomic E-state index is -0.425. The fourth-order valence-corrected chi connectivity index (χ4v) is 2.36. The Morgan fingerprint density at radius 3 is 2.78 bits per heavy atom. The number of ether oxygens (including phenoxy) is 1. The van der Waals surface area contributed by atoms with Crippen molar-refractivity contribution in [1.29, 1.82) is 0 Å². The van der Waals surface area contributed by atoms with Gasteiger partial charge in [-0.05, 0) is 37.1 Å². The summed E-state index contributed by atoms with van der Waals surface area (Å²) in [5.41, 5.74) is 1.96. The summed E-state index contributed by atoms with van der Waals surface area (Å²) in [4.78, 5) is 4.53. The molecule has 1 atom stereocenters. The number of imidazole rings is 1.